The van der Waals surface area contributed by atoms with Crippen LogP contribution in [0.25, 0.3) is 10.9 Å². The number of carbonyl (C=O) groups is 1. The normalized spacial score (nSPS) is 19.8. The van der Waals surface area contributed by atoms with Crippen LogP contribution in [0.5, 0.6) is 0 Å². The van der Waals surface area contributed by atoms with E-state index in [4.69, 9.17) is 5.14 Å². The summed E-state index contributed by atoms with van der Waals surface area (Å²) in [5, 5.41) is 5.06. The minimum absolute atomic E-state index is 0.0142. The van der Waals surface area contributed by atoms with Gasteiger partial charge < -0.3 is 0 Å². The number of fused-ring (bicyclic) bond motifs is 1. The second-order valence-electron chi connectivity index (χ2n) is 4.63. The summed E-state index contributed by atoms with van der Waals surface area (Å²) in [6.45, 7) is 0.0142. The Morgan fingerprint density at radius 2 is 2.05 bits per heavy atom. The lowest BCUT2D eigenvalue weighted by molar-refractivity contribution is -0.117. The van der Waals surface area contributed by atoms with Crippen molar-refractivity contribution in [3.63, 3.8) is 0 Å². The molecule has 1 saturated heterocycles. The molecule has 3 heterocycles. The number of primary sulfonamides is 1. The number of carbonyl (C=O) groups excluding carboxylic acids is 1. The highest BCUT2D eigenvalue weighted by atomic mass is 32.2. The summed E-state index contributed by atoms with van der Waals surface area (Å²) in [6.07, 6.45) is 3.05. The summed E-state index contributed by atoms with van der Waals surface area (Å²) in [4.78, 5) is 21.7. The first kappa shape index (κ1) is 12.9. The first-order chi connectivity index (χ1) is 9.47. The highest BCUT2D eigenvalue weighted by molar-refractivity contribution is 7.89. The van der Waals surface area contributed by atoms with E-state index >= 15 is 0 Å². The summed E-state index contributed by atoms with van der Waals surface area (Å²) < 4.78 is 22.8. The fraction of sp³-hybridized carbons (Fsp3) is 0.250. The third kappa shape index (κ3) is 2.12. The molecule has 0 radical (unpaired) electrons. The highest BCUT2D eigenvalue weighted by Crippen LogP contribution is 2.27. The van der Waals surface area contributed by atoms with E-state index in [0.29, 0.717) is 11.3 Å². The van der Waals surface area contributed by atoms with Crippen molar-refractivity contribution in [2.75, 3.05) is 11.4 Å². The Balaban J connectivity index is 2.06. The van der Waals surface area contributed by atoms with Crippen molar-refractivity contribution >= 4 is 32.7 Å². The van der Waals surface area contributed by atoms with Gasteiger partial charge in [-0.2, -0.15) is 0 Å². The second-order valence-corrected chi connectivity index (χ2v) is 6.47. The Bertz CT molecular complexity index is 785. The SMILES string of the molecule is NS(=O)(=O)C1CC(=O)N(c2nccc3cccnc23)C1. The van der Waals surface area contributed by atoms with Crippen molar-refractivity contribution in [2.45, 2.75) is 11.7 Å². The van der Waals surface area contributed by atoms with Gasteiger partial charge in [-0.1, -0.05) is 6.07 Å². The fourth-order valence-electron chi connectivity index (χ4n) is 2.29. The van der Waals surface area contributed by atoms with Crippen molar-refractivity contribution in [3.05, 3.63) is 30.6 Å². The Labute approximate surface area is 115 Å². The maximum Gasteiger partial charge on any atom is 0.229 e. The van der Waals surface area contributed by atoms with Crippen LogP contribution < -0.4 is 10.0 Å². The molecular weight excluding hydrogens is 280 g/mol. The van der Waals surface area contributed by atoms with E-state index in [-0.39, 0.29) is 18.9 Å². The maximum absolute atomic E-state index is 12.0. The molecule has 0 aliphatic carbocycles. The van der Waals surface area contributed by atoms with Gasteiger partial charge in [-0.05, 0) is 12.1 Å². The van der Waals surface area contributed by atoms with Gasteiger partial charge in [0.05, 0.1) is 0 Å². The van der Waals surface area contributed by atoms with Gasteiger partial charge in [-0.3, -0.25) is 14.7 Å². The largest absolute Gasteiger partial charge is 0.294 e. The van der Waals surface area contributed by atoms with Crippen molar-refractivity contribution in [1.29, 1.82) is 0 Å². The Morgan fingerprint density at radius 3 is 2.75 bits per heavy atom. The molecule has 0 spiro atoms. The Kier molecular flexibility index (Phi) is 2.91. The molecule has 20 heavy (non-hydrogen) atoms. The molecule has 0 saturated carbocycles. The van der Waals surface area contributed by atoms with Crippen molar-refractivity contribution in [1.82, 2.24) is 9.97 Å². The number of sulfonamides is 1. The lowest BCUT2D eigenvalue weighted by Gasteiger charge is -2.16. The molecule has 1 unspecified atom stereocenters. The maximum atomic E-state index is 12.0. The predicted molar refractivity (Wildman–Crippen MR) is 73.4 cm³/mol. The van der Waals surface area contributed by atoms with Crippen LogP contribution in [0.15, 0.2) is 30.6 Å². The number of pyridine rings is 2. The molecule has 0 aromatic carbocycles. The molecule has 1 atom stereocenters. The predicted octanol–water partition coefficient (Wildman–Crippen LogP) is 0.0236. The third-order valence-electron chi connectivity index (χ3n) is 3.31. The molecule has 104 valence electrons. The number of anilines is 1. The molecule has 7 nitrogen and oxygen atoms in total. The average molecular weight is 292 g/mol. The van der Waals surface area contributed by atoms with Crippen LogP contribution in [0, 0.1) is 0 Å². The number of nitrogens with zero attached hydrogens (tertiary/aromatic N) is 3. The molecular formula is C12H12N4O3S. The number of hydrogen-bond acceptors (Lipinski definition) is 5. The zero-order valence-corrected chi connectivity index (χ0v) is 11.2. The van der Waals surface area contributed by atoms with Gasteiger partial charge in [0, 0.05) is 30.7 Å². The van der Waals surface area contributed by atoms with E-state index in [1.54, 1.807) is 24.5 Å². The summed E-state index contributed by atoms with van der Waals surface area (Å²) in [6, 6.07) is 5.42. The van der Waals surface area contributed by atoms with Crippen molar-refractivity contribution in [2.24, 2.45) is 5.14 Å². The van der Waals surface area contributed by atoms with Crippen LogP contribution in [0.2, 0.25) is 0 Å². The molecule has 1 fully saturated rings. The molecule has 2 N–H and O–H groups in total. The fourth-order valence-corrected chi connectivity index (χ4v) is 3.02. The third-order valence-corrected chi connectivity index (χ3v) is 4.56. The molecule has 1 amide bonds. The summed E-state index contributed by atoms with van der Waals surface area (Å²) in [5.74, 6) is 0.0638. The molecule has 8 heteroatoms. The van der Waals surface area contributed by atoms with Crippen LogP contribution in [-0.4, -0.2) is 36.1 Å². The first-order valence-electron chi connectivity index (χ1n) is 5.98. The standard InChI is InChI=1S/C12H12N4O3S/c13-20(18,19)9-6-10(17)16(7-9)12-11-8(3-5-15-12)2-1-4-14-11/h1-5,9H,6-7H2,(H2,13,18,19). The van der Waals surface area contributed by atoms with Gasteiger partial charge >= 0.3 is 0 Å². The molecule has 0 bridgehead atoms. The van der Waals surface area contributed by atoms with Gasteiger partial charge in [0.25, 0.3) is 0 Å². The monoisotopic (exact) mass is 292 g/mol. The molecule has 2 aromatic rings. The van der Waals surface area contributed by atoms with E-state index in [2.05, 4.69) is 9.97 Å². The van der Waals surface area contributed by atoms with Gasteiger partial charge in [0.2, 0.25) is 15.9 Å². The van der Waals surface area contributed by atoms with E-state index < -0.39 is 15.3 Å². The molecule has 2 aromatic heterocycles. The highest BCUT2D eigenvalue weighted by Gasteiger charge is 2.38. The van der Waals surface area contributed by atoms with E-state index in [9.17, 15) is 13.2 Å². The number of nitrogens with two attached hydrogens (primary N) is 1. The average Bonchev–Trinajstić information content (AvgIpc) is 2.80. The van der Waals surface area contributed by atoms with Crippen LogP contribution >= 0.6 is 0 Å². The van der Waals surface area contributed by atoms with Crippen LogP contribution in [0.3, 0.4) is 0 Å². The Morgan fingerprint density at radius 1 is 1.25 bits per heavy atom. The van der Waals surface area contributed by atoms with Crippen LogP contribution in [0.4, 0.5) is 5.82 Å². The lowest BCUT2D eigenvalue weighted by Crippen LogP contribution is -2.32. The Hall–Kier alpha value is -2.06. The minimum atomic E-state index is -3.74. The van der Waals surface area contributed by atoms with Crippen LogP contribution in [-0.2, 0) is 14.8 Å². The van der Waals surface area contributed by atoms with E-state index in [1.165, 1.54) is 4.90 Å². The van der Waals surface area contributed by atoms with Crippen LogP contribution in [0.1, 0.15) is 6.42 Å². The lowest BCUT2D eigenvalue weighted by atomic mass is 10.2. The number of aromatic nitrogens is 2. The number of hydrogen-bond donors (Lipinski definition) is 1. The van der Waals surface area contributed by atoms with Gasteiger partial charge in [0.15, 0.2) is 5.82 Å². The summed E-state index contributed by atoms with van der Waals surface area (Å²) in [7, 11) is -3.74. The smallest absolute Gasteiger partial charge is 0.229 e. The zero-order valence-electron chi connectivity index (χ0n) is 10.4. The molecule has 3 rings (SSSR count). The summed E-state index contributed by atoms with van der Waals surface area (Å²) >= 11 is 0. The second kappa shape index (κ2) is 4.50. The molecule has 1 aliphatic heterocycles. The van der Waals surface area contributed by atoms with Gasteiger partial charge in [0.1, 0.15) is 10.8 Å². The van der Waals surface area contributed by atoms with Gasteiger partial charge in [-0.15, -0.1) is 0 Å². The topological polar surface area (TPSA) is 106 Å². The quantitative estimate of drug-likeness (QED) is 0.840. The molecule has 1 aliphatic rings. The van der Waals surface area contributed by atoms with E-state index in [1.807, 2.05) is 6.07 Å². The summed E-state index contributed by atoms with van der Waals surface area (Å²) in [5.41, 5.74) is 0.568. The van der Waals surface area contributed by atoms with E-state index in [0.717, 1.165) is 5.39 Å². The first-order valence-corrected chi connectivity index (χ1v) is 7.59. The van der Waals surface area contributed by atoms with Crippen molar-refractivity contribution < 1.29 is 13.2 Å². The zero-order chi connectivity index (χ0) is 14.3. The number of amides is 1. The van der Waals surface area contributed by atoms with Crippen molar-refractivity contribution in [3.8, 4) is 0 Å². The van der Waals surface area contributed by atoms with Gasteiger partial charge in [-0.25, -0.2) is 18.5 Å². The number of rotatable bonds is 2. The minimum Gasteiger partial charge on any atom is -0.294 e.